The van der Waals surface area contributed by atoms with Gasteiger partial charge in [0.05, 0.1) is 22.1 Å². The molecule has 52 heavy (non-hydrogen) atoms. The van der Waals surface area contributed by atoms with Gasteiger partial charge in [-0.25, -0.2) is 0 Å². The predicted molar refractivity (Wildman–Crippen MR) is 221 cm³/mol. The van der Waals surface area contributed by atoms with Crippen molar-refractivity contribution in [2.45, 2.75) is 0 Å². The highest BCUT2D eigenvalue weighted by atomic mass is 15.0. The molecule has 0 atom stereocenters. The molecule has 2 nitrogen and oxygen atoms in total. The summed E-state index contributed by atoms with van der Waals surface area (Å²) in [6, 6.07) is 71.2. The van der Waals surface area contributed by atoms with Crippen molar-refractivity contribution in [1.29, 1.82) is 0 Å². The quantitative estimate of drug-likeness (QED) is 0.178. The van der Waals surface area contributed by atoms with Crippen molar-refractivity contribution in [2.24, 2.45) is 0 Å². The fraction of sp³-hybridized carbons (Fsp3) is 0. The van der Waals surface area contributed by atoms with Gasteiger partial charge in [0.1, 0.15) is 0 Å². The summed E-state index contributed by atoms with van der Waals surface area (Å²) in [4.78, 5) is 0. The van der Waals surface area contributed by atoms with Crippen molar-refractivity contribution in [3.8, 4) is 33.6 Å². The molecule has 2 heteroatoms. The van der Waals surface area contributed by atoms with Crippen molar-refractivity contribution in [3.05, 3.63) is 194 Å². The maximum Gasteiger partial charge on any atom is 0.0541 e. The van der Waals surface area contributed by atoms with E-state index in [4.69, 9.17) is 0 Å². The summed E-state index contributed by atoms with van der Waals surface area (Å²) in [5.41, 5.74) is 11.9. The van der Waals surface area contributed by atoms with Gasteiger partial charge in [0.25, 0.3) is 0 Å². The minimum Gasteiger partial charge on any atom is -0.309 e. The number of aromatic nitrogens is 2. The van der Waals surface area contributed by atoms with E-state index in [0.29, 0.717) is 0 Å². The number of nitrogens with zero attached hydrogens (tertiary/aromatic N) is 2. The van der Waals surface area contributed by atoms with Crippen molar-refractivity contribution in [3.63, 3.8) is 0 Å². The van der Waals surface area contributed by atoms with E-state index in [2.05, 4.69) is 203 Å². The molecule has 0 fully saturated rings. The Hall–Kier alpha value is -6.90. The van der Waals surface area contributed by atoms with E-state index < -0.39 is 0 Å². The fourth-order valence-electron chi connectivity index (χ4n) is 8.48. The lowest BCUT2D eigenvalue weighted by atomic mass is 9.93. The van der Waals surface area contributed by atoms with Crippen LogP contribution in [0.25, 0.3) is 98.8 Å². The SMILES string of the molecule is c1ccc2cc(-c3cccc4ccc(-c5cc(-n6c7ccccc7c7ccccc76)cc(-n6c7ccccc7c7ccccc76)c5)cc34)ccc2c1. The van der Waals surface area contributed by atoms with Crippen LogP contribution in [0, 0.1) is 0 Å². The van der Waals surface area contributed by atoms with Crippen LogP contribution in [0.3, 0.4) is 0 Å². The van der Waals surface area contributed by atoms with Gasteiger partial charge in [0, 0.05) is 32.9 Å². The maximum absolute atomic E-state index is 2.44. The van der Waals surface area contributed by atoms with Crippen LogP contribution in [-0.2, 0) is 0 Å². The highest BCUT2D eigenvalue weighted by Crippen LogP contribution is 2.39. The molecule has 11 aromatic rings. The largest absolute Gasteiger partial charge is 0.309 e. The molecule has 0 saturated carbocycles. The highest BCUT2D eigenvalue weighted by Gasteiger charge is 2.17. The zero-order valence-corrected chi connectivity index (χ0v) is 28.4. The second-order valence-corrected chi connectivity index (χ2v) is 13.8. The van der Waals surface area contributed by atoms with Gasteiger partial charge in [0.15, 0.2) is 0 Å². The molecule has 0 aliphatic rings. The average molecular weight is 661 g/mol. The molecule has 0 spiro atoms. The lowest BCUT2D eigenvalue weighted by Crippen LogP contribution is -2.00. The van der Waals surface area contributed by atoms with E-state index in [1.54, 1.807) is 0 Å². The summed E-state index contributed by atoms with van der Waals surface area (Å²) in [6.45, 7) is 0. The van der Waals surface area contributed by atoms with Gasteiger partial charge in [0.2, 0.25) is 0 Å². The molecule has 0 aliphatic heterocycles. The Morgan fingerprint density at radius 3 is 1.29 bits per heavy atom. The van der Waals surface area contributed by atoms with E-state index in [1.165, 1.54) is 87.4 Å². The second-order valence-electron chi connectivity index (χ2n) is 13.8. The predicted octanol–water partition coefficient (Wildman–Crippen LogP) is 13.5. The first-order chi connectivity index (χ1) is 25.8. The summed E-state index contributed by atoms with van der Waals surface area (Å²) >= 11 is 0. The number of para-hydroxylation sites is 4. The molecule has 0 radical (unpaired) electrons. The van der Waals surface area contributed by atoms with E-state index in [9.17, 15) is 0 Å². The Bertz CT molecular complexity index is 2950. The molecule has 242 valence electrons. The normalized spacial score (nSPS) is 11.8. The minimum absolute atomic E-state index is 1.13. The smallest absolute Gasteiger partial charge is 0.0541 e. The number of fused-ring (bicyclic) bond motifs is 8. The molecule has 0 saturated heterocycles. The number of benzene rings is 9. The van der Waals surface area contributed by atoms with E-state index in [0.717, 1.165) is 11.4 Å². The molecule has 0 unspecified atom stereocenters. The van der Waals surface area contributed by atoms with E-state index >= 15 is 0 Å². The Morgan fingerprint density at radius 1 is 0.250 bits per heavy atom. The maximum atomic E-state index is 2.44. The van der Waals surface area contributed by atoms with Gasteiger partial charge < -0.3 is 9.13 Å². The third-order valence-electron chi connectivity index (χ3n) is 10.9. The molecule has 9 aromatic carbocycles. The Balaban J connectivity index is 1.20. The van der Waals surface area contributed by atoms with Crippen LogP contribution in [-0.4, -0.2) is 9.13 Å². The van der Waals surface area contributed by atoms with Gasteiger partial charge in [-0.05, 0) is 98.4 Å². The molecule has 2 aromatic heterocycles. The van der Waals surface area contributed by atoms with Crippen molar-refractivity contribution in [1.82, 2.24) is 9.13 Å². The van der Waals surface area contributed by atoms with Crippen LogP contribution in [0.2, 0.25) is 0 Å². The standard InChI is InChI=1S/C50H32N2/c1-2-13-35-28-37(27-24-33(35)12-1)41-19-11-14-34-25-26-36(31-46(34)41)38-29-39(51-47-20-7-3-15-42(47)43-16-4-8-21-48(43)51)32-40(30-38)52-49-22-9-5-17-44(49)45-18-6-10-23-50(45)52/h1-32H. The summed E-state index contributed by atoms with van der Waals surface area (Å²) in [7, 11) is 0. The van der Waals surface area contributed by atoms with Gasteiger partial charge >= 0.3 is 0 Å². The van der Waals surface area contributed by atoms with Crippen LogP contribution in [0.15, 0.2) is 194 Å². The first-order valence-corrected chi connectivity index (χ1v) is 17.9. The van der Waals surface area contributed by atoms with Crippen LogP contribution >= 0.6 is 0 Å². The van der Waals surface area contributed by atoms with Gasteiger partial charge in [-0.3, -0.25) is 0 Å². The zero-order chi connectivity index (χ0) is 34.2. The lowest BCUT2D eigenvalue weighted by Gasteiger charge is -2.16. The highest BCUT2D eigenvalue weighted by molar-refractivity contribution is 6.11. The molecule has 0 aliphatic carbocycles. The number of rotatable bonds is 4. The first kappa shape index (κ1) is 28.9. The summed E-state index contributed by atoms with van der Waals surface area (Å²) < 4.78 is 4.88. The van der Waals surface area contributed by atoms with Crippen molar-refractivity contribution < 1.29 is 0 Å². The third kappa shape index (κ3) is 4.38. The molecular weight excluding hydrogens is 629 g/mol. The van der Waals surface area contributed by atoms with Crippen molar-refractivity contribution in [2.75, 3.05) is 0 Å². The molecule has 2 heterocycles. The van der Waals surface area contributed by atoms with Gasteiger partial charge in [-0.15, -0.1) is 0 Å². The van der Waals surface area contributed by atoms with Crippen LogP contribution in [0.1, 0.15) is 0 Å². The molecule has 0 N–H and O–H groups in total. The first-order valence-electron chi connectivity index (χ1n) is 17.9. The van der Waals surface area contributed by atoms with Crippen LogP contribution < -0.4 is 0 Å². The Labute approximate surface area is 301 Å². The zero-order valence-electron chi connectivity index (χ0n) is 28.4. The van der Waals surface area contributed by atoms with Gasteiger partial charge in [-0.1, -0.05) is 140 Å². The summed E-state index contributed by atoms with van der Waals surface area (Å²) in [5.74, 6) is 0. The summed E-state index contributed by atoms with van der Waals surface area (Å²) in [6.07, 6.45) is 0. The van der Waals surface area contributed by atoms with E-state index in [-0.39, 0.29) is 0 Å². The molecule has 0 amide bonds. The average Bonchev–Trinajstić information content (AvgIpc) is 3.73. The second kappa shape index (κ2) is 11.3. The summed E-state index contributed by atoms with van der Waals surface area (Å²) in [5, 5.41) is 10.0. The van der Waals surface area contributed by atoms with Gasteiger partial charge in [-0.2, -0.15) is 0 Å². The lowest BCUT2D eigenvalue weighted by molar-refractivity contribution is 1.13. The minimum atomic E-state index is 1.13. The third-order valence-corrected chi connectivity index (χ3v) is 10.9. The van der Waals surface area contributed by atoms with Crippen molar-refractivity contribution >= 4 is 65.2 Å². The molecular formula is C50H32N2. The number of hydrogen-bond acceptors (Lipinski definition) is 0. The Kier molecular flexibility index (Phi) is 6.28. The monoisotopic (exact) mass is 660 g/mol. The van der Waals surface area contributed by atoms with E-state index in [1.807, 2.05) is 0 Å². The Morgan fingerprint density at radius 2 is 0.712 bits per heavy atom. The van der Waals surface area contributed by atoms with Crippen LogP contribution in [0.5, 0.6) is 0 Å². The fourth-order valence-corrected chi connectivity index (χ4v) is 8.48. The topological polar surface area (TPSA) is 9.86 Å². The molecule has 0 bridgehead atoms. The van der Waals surface area contributed by atoms with Crippen LogP contribution in [0.4, 0.5) is 0 Å². The number of hydrogen-bond donors (Lipinski definition) is 0. The molecule has 11 rings (SSSR count).